The highest BCUT2D eigenvalue weighted by Crippen LogP contribution is 2.22. The molecule has 1 fully saturated rings. The van der Waals surface area contributed by atoms with Gasteiger partial charge in [0.05, 0.1) is 6.54 Å². The Balaban J connectivity index is 1.68. The molecule has 8 nitrogen and oxygen atoms in total. The van der Waals surface area contributed by atoms with Gasteiger partial charge in [-0.05, 0) is 36.3 Å². The zero-order chi connectivity index (χ0) is 30.2. The zero-order valence-electron chi connectivity index (χ0n) is 25.0. The lowest BCUT2D eigenvalue weighted by Crippen LogP contribution is -2.57. The molecule has 226 valence electrons. The third kappa shape index (κ3) is 11.7. The Morgan fingerprint density at radius 3 is 1.71 bits per heavy atom. The van der Waals surface area contributed by atoms with Gasteiger partial charge < -0.3 is 20.1 Å². The first-order valence-electron chi connectivity index (χ1n) is 15.3. The van der Waals surface area contributed by atoms with Gasteiger partial charge in [0.1, 0.15) is 13.2 Å². The molecule has 2 amide bonds. The molecule has 42 heavy (non-hydrogen) atoms. The lowest BCUT2D eigenvalue weighted by Gasteiger charge is -2.25. The van der Waals surface area contributed by atoms with Crippen LogP contribution in [0.4, 0.5) is 9.59 Å². The molecule has 0 spiro atoms. The van der Waals surface area contributed by atoms with Gasteiger partial charge in [-0.15, -0.1) is 0 Å². The SMILES string of the molecule is CC(C)C[C@H](NC(=O)CNC(=O)C1CCCCCCCC1)B(C(=O)OCc1ccccc1)C(=O)OCc1ccccc1. The van der Waals surface area contributed by atoms with Gasteiger partial charge in [-0.2, -0.15) is 0 Å². The number of rotatable bonds is 13. The second kappa shape index (κ2) is 18.0. The van der Waals surface area contributed by atoms with Crippen LogP contribution in [0.15, 0.2) is 60.7 Å². The maximum Gasteiger partial charge on any atom is 0.432 e. The predicted molar refractivity (Wildman–Crippen MR) is 164 cm³/mol. The van der Waals surface area contributed by atoms with Crippen LogP contribution in [0, 0.1) is 11.8 Å². The van der Waals surface area contributed by atoms with Crippen molar-refractivity contribution in [2.75, 3.05) is 6.54 Å². The maximum atomic E-state index is 13.4. The maximum absolute atomic E-state index is 13.4. The summed E-state index contributed by atoms with van der Waals surface area (Å²) in [5.41, 5.74) is 1.55. The van der Waals surface area contributed by atoms with Crippen molar-refractivity contribution in [2.45, 2.75) is 90.8 Å². The summed E-state index contributed by atoms with van der Waals surface area (Å²) in [7, 11) is 0. The number of amides is 2. The van der Waals surface area contributed by atoms with Crippen molar-refractivity contribution in [1.82, 2.24) is 10.6 Å². The van der Waals surface area contributed by atoms with E-state index in [0.29, 0.717) is 6.42 Å². The molecule has 0 unspecified atom stereocenters. The molecular formula is C33H45BN2O6. The lowest BCUT2D eigenvalue weighted by molar-refractivity contribution is -0.129. The lowest BCUT2D eigenvalue weighted by atomic mass is 9.42. The zero-order valence-corrected chi connectivity index (χ0v) is 25.0. The smallest absolute Gasteiger partial charge is 0.432 e. The second-order valence-corrected chi connectivity index (χ2v) is 11.6. The van der Waals surface area contributed by atoms with Gasteiger partial charge in [0.25, 0.3) is 11.7 Å². The van der Waals surface area contributed by atoms with Gasteiger partial charge in [-0.3, -0.25) is 19.2 Å². The van der Waals surface area contributed by atoms with Crippen LogP contribution in [0.5, 0.6) is 0 Å². The van der Waals surface area contributed by atoms with Crippen LogP contribution in [-0.4, -0.2) is 42.8 Å². The first kappa shape index (κ1) is 32.9. The van der Waals surface area contributed by atoms with Gasteiger partial charge in [0.15, 0.2) is 0 Å². The Bertz CT molecular complexity index is 1060. The first-order chi connectivity index (χ1) is 20.3. The molecule has 1 aliphatic carbocycles. The van der Waals surface area contributed by atoms with Crippen molar-refractivity contribution < 1.29 is 28.7 Å². The molecule has 2 N–H and O–H groups in total. The molecule has 0 radical (unpaired) electrons. The van der Waals surface area contributed by atoms with Crippen LogP contribution in [0.25, 0.3) is 0 Å². The molecule has 9 heteroatoms. The van der Waals surface area contributed by atoms with Crippen LogP contribution < -0.4 is 10.6 Å². The van der Waals surface area contributed by atoms with Crippen LogP contribution >= 0.6 is 0 Å². The predicted octanol–water partition coefficient (Wildman–Crippen LogP) is 6.26. The molecule has 2 aromatic carbocycles. The molecule has 0 bridgehead atoms. The Kier molecular flexibility index (Phi) is 14.1. The highest BCUT2D eigenvalue weighted by molar-refractivity contribution is 7.10. The van der Waals surface area contributed by atoms with E-state index in [1.54, 1.807) is 0 Å². The Morgan fingerprint density at radius 1 is 0.762 bits per heavy atom. The highest BCUT2D eigenvalue weighted by atomic mass is 16.5. The summed E-state index contributed by atoms with van der Waals surface area (Å²) in [6, 6.07) is 18.4. The van der Waals surface area contributed by atoms with Gasteiger partial charge in [-0.1, -0.05) is 113 Å². The minimum absolute atomic E-state index is 0.0120. The summed E-state index contributed by atoms with van der Waals surface area (Å²) in [6.45, 7) is 2.27. The summed E-state index contributed by atoms with van der Waals surface area (Å²) >= 11 is 0. The topological polar surface area (TPSA) is 111 Å². The molecule has 1 aliphatic rings. The standard InChI is InChI=1S/C33H45BN2O6/c1-25(2)21-29(36-30(37)22-35-31(38)28-19-13-5-3-4-6-14-20-28)34(32(39)41-23-26-15-9-7-10-16-26)33(40)42-24-27-17-11-8-12-18-27/h7-12,15-18,25,28-29H,3-6,13-14,19-24H2,1-2H3,(H,35,38)(H,36,37)/t29-/m0/s1. The van der Waals surface area contributed by atoms with E-state index in [4.69, 9.17) is 9.47 Å². The fourth-order valence-electron chi connectivity index (χ4n) is 5.31. The van der Waals surface area contributed by atoms with Gasteiger partial charge in [0, 0.05) is 11.9 Å². The van der Waals surface area contributed by atoms with E-state index in [9.17, 15) is 19.2 Å². The van der Waals surface area contributed by atoms with Gasteiger partial charge >= 0.3 is 6.71 Å². The number of benzene rings is 2. The van der Waals surface area contributed by atoms with Crippen molar-refractivity contribution in [3.8, 4) is 0 Å². The van der Waals surface area contributed by atoms with Crippen molar-refractivity contribution >= 4 is 30.3 Å². The number of carbonyl (C=O) groups is 4. The molecule has 0 aromatic heterocycles. The number of hydrogen-bond acceptors (Lipinski definition) is 6. The van der Waals surface area contributed by atoms with Crippen molar-refractivity contribution in [1.29, 1.82) is 0 Å². The number of carbonyl (C=O) groups excluding carboxylic acids is 4. The molecule has 0 saturated heterocycles. The summed E-state index contributed by atoms with van der Waals surface area (Å²) in [5, 5.41) is 5.63. The average Bonchev–Trinajstić information content (AvgIpc) is 3.13. The fraction of sp³-hybridized carbons (Fsp3) is 0.515. The quantitative estimate of drug-likeness (QED) is 0.273. The normalized spacial score (nSPS) is 14.9. The van der Waals surface area contributed by atoms with E-state index in [1.165, 1.54) is 12.8 Å². The molecule has 3 rings (SSSR count). The van der Waals surface area contributed by atoms with E-state index in [-0.39, 0.29) is 37.5 Å². The van der Waals surface area contributed by atoms with Crippen LogP contribution in [-0.2, 0) is 32.3 Å². The Morgan fingerprint density at radius 2 is 1.24 bits per heavy atom. The summed E-state index contributed by atoms with van der Waals surface area (Å²) in [4.78, 5) is 52.8. The van der Waals surface area contributed by atoms with Crippen molar-refractivity contribution in [3.05, 3.63) is 71.8 Å². The van der Waals surface area contributed by atoms with E-state index < -0.39 is 30.3 Å². The van der Waals surface area contributed by atoms with E-state index >= 15 is 0 Å². The molecular weight excluding hydrogens is 531 g/mol. The summed E-state index contributed by atoms with van der Waals surface area (Å²) < 4.78 is 11.1. The summed E-state index contributed by atoms with van der Waals surface area (Å²) in [5.74, 6) is -3.03. The number of ether oxygens (including phenoxy) is 2. The van der Waals surface area contributed by atoms with E-state index in [0.717, 1.165) is 49.7 Å². The van der Waals surface area contributed by atoms with E-state index in [2.05, 4.69) is 10.6 Å². The first-order valence-corrected chi connectivity index (χ1v) is 15.3. The van der Waals surface area contributed by atoms with Gasteiger partial charge in [0.2, 0.25) is 11.8 Å². The highest BCUT2D eigenvalue weighted by Gasteiger charge is 2.45. The van der Waals surface area contributed by atoms with E-state index in [1.807, 2.05) is 74.5 Å². The molecule has 1 atom stereocenters. The fourth-order valence-corrected chi connectivity index (χ4v) is 5.31. The van der Waals surface area contributed by atoms with Crippen LogP contribution in [0.1, 0.15) is 82.8 Å². The molecule has 2 aromatic rings. The second-order valence-electron chi connectivity index (χ2n) is 11.6. The molecule has 0 heterocycles. The Hall–Kier alpha value is -3.62. The third-order valence-corrected chi connectivity index (χ3v) is 7.58. The van der Waals surface area contributed by atoms with Gasteiger partial charge in [-0.25, -0.2) is 0 Å². The third-order valence-electron chi connectivity index (χ3n) is 7.58. The molecule has 1 saturated carbocycles. The summed E-state index contributed by atoms with van der Waals surface area (Å²) in [6.07, 6.45) is 8.68. The van der Waals surface area contributed by atoms with Crippen LogP contribution in [0.2, 0.25) is 0 Å². The largest absolute Gasteiger partial charge is 0.468 e. The van der Waals surface area contributed by atoms with Crippen molar-refractivity contribution in [3.63, 3.8) is 0 Å². The Labute approximate surface area is 250 Å². The number of hydrogen-bond donors (Lipinski definition) is 2. The number of nitrogens with one attached hydrogen (secondary N) is 2. The molecule has 0 aliphatic heterocycles. The van der Waals surface area contributed by atoms with Crippen LogP contribution in [0.3, 0.4) is 0 Å². The average molecular weight is 577 g/mol. The monoisotopic (exact) mass is 576 g/mol. The minimum atomic E-state index is -1.37. The van der Waals surface area contributed by atoms with Crippen molar-refractivity contribution in [2.24, 2.45) is 11.8 Å². The minimum Gasteiger partial charge on any atom is -0.468 e.